The largest absolute Gasteiger partial charge is 0.395 e. The van der Waals surface area contributed by atoms with Gasteiger partial charge in [-0.25, -0.2) is 9.97 Å². The molecule has 1 aliphatic heterocycles. The summed E-state index contributed by atoms with van der Waals surface area (Å²) in [5.74, 6) is 0.141. The summed E-state index contributed by atoms with van der Waals surface area (Å²) < 4.78 is 8.11. The molecule has 1 fully saturated rings. The van der Waals surface area contributed by atoms with Gasteiger partial charge in [-0.2, -0.15) is 0 Å². The Morgan fingerprint density at radius 2 is 2.00 bits per heavy atom. The highest BCUT2D eigenvalue weighted by atomic mass is 32.2. The van der Waals surface area contributed by atoms with Crippen molar-refractivity contribution in [2.45, 2.75) is 22.7 Å². The highest BCUT2D eigenvalue weighted by Crippen LogP contribution is 2.43. The van der Waals surface area contributed by atoms with Crippen LogP contribution in [0.4, 0.5) is 0 Å². The van der Waals surface area contributed by atoms with Crippen molar-refractivity contribution in [2.24, 2.45) is 0 Å². The predicted octanol–water partition coefficient (Wildman–Crippen LogP) is -0.653. The second kappa shape index (κ2) is 4.44. The van der Waals surface area contributed by atoms with Crippen molar-refractivity contribution >= 4 is 11.8 Å². The van der Waals surface area contributed by atoms with Gasteiger partial charge in [0.1, 0.15) is 11.9 Å². The molecule has 6 heteroatoms. The van der Waals surface area contributed by atoms with E-state index in [1.807, 2.05) is 0 Å². The average Bonchev–Trinajstić information content (AvgIpc) is 2.56. The molecule has 0 radical (unpaired) electrons. The summed E-state index contributed by atoms with van der Waals surface area (Å²) in [5, 5.41) is 26.4. The molecule has 3 N–H and O–H groups in total. The number of rotatable bonds is 2. The molecule has 0 aliphatic carbocycles. The van der Waals surface area contributed by atoms with Gasteiger partial charge >= 0.3 is 0 Å². The van der Waals surface area contributed by atoms with Crippen molar-refractivity contribution in [3.8, 4) is 0 Å². The Bertz CT molecular complexity index is 369. The van der Waals surface area contributed by atoms with Gasteiger partial charge in [0.05, 0.1) is 24.6 Å². The zero-order valence-electron chi connectivity index (χ0n) is 8.82. The maximum atomic E-state index is 9.82. The molecule has 5 nitrogen and oxygen atoms in total. The Morgan fingerprint density at radius 1 is 1.33 bits per heavy atom. The van der Waals surface area contributed by atoms with Crippen LogP contribution in [0.1, 0.15) is 12.4 Å². The van der Waals surface area contributed by atoms with Gasteiger partial charge in [0.2, 0.25) is 0 Å². The number of nitrogens with zero attached hydrogens (tertiary/aromatic N) is 2. The van der Waals surface area contributed by atoms with E-state index in [4.69, 9.17) is 6.48 Å². The molecule has 0 amide bonds. The molecule has 15 heavy (non-hydrogen) atoms. The minimum Gasteiger partial charge on any atom is -0.395 e. The third kappa shape index (κ3) is 1.98. The highest BCUT2D eigenvalue weighted by Gasteiger charge is 2.43. The molecule has 0 spiro atoms. The summed E-state index contributed by atoms with van der Waals surface area (Å²) >= 11 is 0.974. The second-order valence-corrected chi connectivity index (χ2v) is 4.49. The number of hydrogen-bond donors (Lipinski definition) is 3. The van der Waals surface area contributed by atoms with Gasteiger partial charge in [-0.3, -0.25) is 0 Å². The van der Waals surface area contributed by atoms with Crippen LogP contribution in [0, 0.1) is 0 Å². The van der Waals surface area contributed by atoms with Gasteiger partial charge in [-0.1, -0.05) is 0 Å². The molecular formula is C9H12N2O3S. The van der Waals surface area contributed by atoms with Crippen molar-refractivity contribution in [3.63, 3.8) is 0 Å². The molecule has 4 atom stereocenters. The first-order chi connectivity index (χ1) is 7.59. The molecule has 0 bridgehead atoms. The smallest absolute Gasteiger partial charge is 0.143 e. The quantitative estimate of drug-likeness (QED) is 0.624. The van der Waals surface area contributed by atoms with Gasteiger partial charge in [-0.15, -0.1) is 11.8 Å². The first-order valence-electron chi connectivity index (χ1n) is 5.02. The monoisotopic (exact) mass is 229 g/mol. The van der Waals surface area contributed by atoms with Crippen molar-refractivity contribution in [3.05, 3.63) is 24.3 Å². The topological polar surface area (TPSA) is 86.5 Å². The number of thioether (sulfide) groups is 1. The van der Waals surface area contributed by atoms with E-state index >= 15 is 0 Å². The fourth-order valence-corrected chi connectivity index (χ4v) is 2.60. The van der Waals surface area contributed by atoms with Crippen molar-refractivity contribution in [2.75, 3.05) is 6.61 Å². The van der Waals surface area contributed by atoms with Crippen LogP contribution in [0.3, 0.4) is 0 Å². The van der Waals surface area contributed by atoms with Crippen molar-refractivity contribution in [1.82, 2.24) is 9.97 Å². The maximum absolute atomic E-state index is 9.82. The van der Waals surface area contributed by atoms with E-state index in [1.54, 1.807) is 6.07 Å². The fraction of sp³-hybridized carbons (Fsp3) is 0.556. The number of aliphatic hydroxyl groups is 3. The summed E-state index contributed by atoms with van der Waals surface area (Å²) in [6.07, 6.45) is 0.503. The molecule has 2 heterocycles. The predicted molar refractivity (Wildman–Crippen MR) is 55.3 cm³/mol. The minimum absolute atomic E-state index is 0.141. The zero-order valence-corrected chi connectivity index (χ0v) is 8.63. The first-order valence-corrected chi connectivity index (χ1v) is 5.40. The zero-order chi connectivity index (χ0) is 11.8. The maximum Gasteiger partial charge on any atom is 0.143 e. The third-order valence-corrected chi connectivity index (χ3v) is 3.63. The van der Waals surface area contributed by atoms with E-state index in [-0.39, 0.29) is 12.4 Å². The van der Waals surface area contributed by atoms with E-state index in [0.717, 1.165) is 11.8 Å². The molecule has 82 valence electrons. The molecule has 1 aliphatic rings. The Hall–Kier alpha value is -0.690. The molecule has 0 aromatic carbocycles. The summed E-state index contributed by atoms with van der Waals surface area (Å²) in [7, 11) is 0. The number of aromatic nitrogens is 2. The lowest BCUT2D eigenvalue weighted by atomic mass is 10.1. The van der Waals surface area contributed by atoms with Crippen LogP contribution in [-0.2, 0) is 0 Å². The lowest BCUT2D eigenvalue weighted by molar-refractivity contribution is 0.0189. The first kappa shape index (κ1) is 9.53. The molecular weight excluding hydrogens is 216 g/mol. The van der Waals surface area contributed by atoms with Crippen LogP contribution in [0.25, 0.3) is 0 Å². The molecule has 1 unspecified atom stereocenters. The molecule has 2 rings (SSSR count). The van der Waals surface area contributed by atoms with Gasteiger partial charge in [0.15, 0.2) is 0 Å². The summed E-state index contributed by atoms with van der Waals surface area (Å²) in [6, 6.07) is 1.61. The standard InChI is InChI=1S/C9H12N2O3S/c12-4-5-6(13)7(14)8(15-5)9-10-2-1-3-11-9/h1-3,5-8,12-14H,4H2/t5-,6-,7+,8?/m1/s1/i8D. The summed E-state index contributed by atoms with van der Waals surface area (Å²) in [6.45, 7) is -0.295. The summed E-state index contributed by atoms with van der Waals surface area (Å²) in [4.78, 5) is 7.83. The highest BCUT2D eigenvalue weighted by molar-refractivity contribution is 8.00. The van der Waals surface area contributed by atoms with Gasteiger partial charge in [0, 0.05) is 12.4 Å². The SMILES string of the molecule is [2H]C1(c2ncccn2)S[C@H](CO)[C@@H](O)[C@@H]1O. The van der Waals surface area contributed by atoms with Crippen LogP contribution < -0.4 is 0 Å². The van der Waals surface area contributed by atoms with Crippen LogP contribution >= 0.6 is 11.8 Å². The van der Waals surface area contributed by atoms with Crippen molar-refractivity contribution < 1.29 is 16.7 Å². The Kier molecular flexibility index (Phi) is 2.82. The lowest BCUT2D eigenvalue weighted by Gasteiger charge is -2.13. The Morgan fingerprint density at radius 3 is 2.53 bits per heavy atom. The van der Waals surface area contributed by atoms with Crippen LogP contribution in [-0.4, -0.2) is 49.4 Å². The van der Waals surface area contributed by atoms with Gasteiger partial charge < -0.3 is 15.3 Å². The second-order valence-electron chi connectivity index (χ2n) is 3.21. The van der Waals surface area contributed by atoms with E-state index in [9.17, 15) is 10.2 Å². The fourth-order valence-electron chi connectivity index (χ4n) is 1.42. The van der Waals surface area contributed by atoms with E-state index < -0.39 is 22.7 Å². The van der Waals surface area contributed by atoms with Gasteiger partial charge in [0.25, 0.3) is 0 Å². The molecule has 1 saturated heterocycles. The summed E-state index contributed by atoms with van der Waals surface area (Å²) in [5.41, 5.74) is 0. The van der Waals surface area contributed by atoms with E-state index in [2.05, 4.69) is 9.97 Å². The van der Waals surface area contributed by atoms with Crippen LogP contribution in [0.15, 0.2) is 18.5 Å². The normalized spacial score (nSPS) is 41.5. The molecule has 0 saturated carbocycles. The molecule has 1 aromatic heterocycles. The van der Waals surface area contributed by atoms with E-state index in [1.165, 1.54) is 12.4 Å². The number of aliphatic hydroxyl groups excluding tert-OH is 3. The van der Waals surface area contributed by atoms with Gasteiger partial charge in [-0.05, 0) is 6.07 Å². The average molecular weight is 229 g/mol. The Balaban J connectivity index is 2.33. The third-order valence-electron chi connectivity index (χ3n) is 2.22. The van der Waals surface area contributed by atoms with Crippen molar-refractivity contribution in [1.29, 1.82) is 0 Å². The van der Waals surface area contributed by atoms with Crippen LogP contribution in [0.2, 0.25) is 0 Å². The van der Waals surface area contributed by atoms with E-state index in [0.29, 0.717) is 0 Å². The van der Waals surface area contributed by atoms with Crippen LogP contribution in [0.5, 0.6) is 0 Å². The number of hydrogen-bond acceptors (Lipinski definition) is 6. The lowest BCUT2D eigenvalue weighted by Crippen LogP contribution is -2.32. The Labute approximate surface area is 92.6 Å². The molecule has 1 aromatic rings. The minimum atomic E-state index is -1.52.